The van der Waals surface area contributed by atoms with E-state index in [0.29, 0.717) is 0 Å². The molecule has 0 unspecified atom stereocenters. The molecule has 0 amide bonds. The molecule has 1 aromatic carbocycles. The standard InChI is InChI=1S/C19H32N4/c1-5-22(4)15-18-8-6-7-17(13-18)14-21-19(20-3)23-11-9-16(2)10-12-23/h6-8,13,16H,5,9-12,14-15H2,1-4H3,(H,20,21). The first kappa shape index (κ1) is 17.8. The summed E-state index contributed by atoms with van der Waals surface area (Å²) in [6.07, 6.45) is 2.53. The molecule has 2 rings (SSSR count). The van der Waals surface area contributed by atoms with Crippen molar-refractivity contribution in [2.45, 2.75) is 39.8 Å². The number of aliphatic imine (C=N–C) groups is 1. The van der Waals surface area contributed by atoms with Crippen molar-refractivity contribution >= 4 is 5.96 Å². The molecule has 0 aliphatic carbocycles. The zero-order valence-corrected chi connectivity index (χ0v) is 15.2. The van der Waals surface area contributed by atoms with Gasteiger partial charge in [-0.25, -0.2) is 0 Å². The fourth-order valence-corrected chi connectivity index (χ4v) is 3.00. The van der Waals surface area contributed by atoms with Crippen molar-refractivity contribution in [3.63, 3.8) is 0 Å². The van der Waals surface area contributed by atoms with Crippen molar-refractivity contribution in [2.24, 2.45) is 10.9 Å². The molecule has 1 aromatic rings. The Labute approximate surface area is 141 Å². The second-order valence-corrected chi connectivity index (χ2v) is 6.72. The average molecular weight is 316 g/mol. The third kappa shape index (κ3) is 5.54. The van der Waals surface area contributed by atoms with Crippen LogP contribution in [0.1, 0.15) is 37.8 Å². The van der Waals surface area contributed by atoms with Crippen molar-refractivity contribution in [1.29, 1.82) is 0 Å². The van der Waals surface area contributed by atoms with Gasteiger partial charge >= 0.3 is 0 Å². The highest BCUT2D eigenvalue weighted by Gasteiger charge is 2.18. The second kappa shape index (κ2) is 8.92. The number of benzene rings is 1. The van der Waals surface area contributed by atoms with E-state index in [2.05, 4.69) is 65.3 Å². The van der Waals surface area contributed by atoms with Gasteiger partial charge in [0.05, 0.1) is 0 Å². The summed E-state index contributed by atoms with van der Waals surface area (Å²) >= 11 is 0. The van der Waals surface area contributed by atoms with Gasteiger partial charge in [-0.1, -0.05) is 38.1 Å². The maximum atomic E-state index is 4.46. The molecule has 1 aliphatic heterocycles. The average Bonchev–Trinajstić information content (AvgIpc) is 2.57. The fraction of sp³-hybridized carbons (Fsp3) is 0.632. The van der Waals surface area contributed by atoms with Crippen LogP contribution in [0.25, 0.3) is 0 Å². The van der Waals surface area contributed by atoms with Crippen LogP contribution in [0, 0.1) is 5.92 Å². The van der Waals surface area contributed by atoms with Gasteiger partial charge in [0.2, 0.25) is 0 Å². The molecule has 0 bridgehead atoms. The molecule has 0 aromatic heterocycles. The first-order valence-corrected chi connectivity index (χ1v) is 8.84. The molecule has 1 heterocycles. The largest absolute Gasteiger partial charge is 0.352 e. The summed E-state index contributed by atoms with van der Waals surface area (Å²) in [4.78, 5) is 9.16. The third-order valence-electron chi connectivity index (χ3n) is 4.73. The predicted molar refractivity (Wildman–Crippen MR) is 98.6 cm³/mol. The summed E-state index contributed by atoms with van der Waals surface area (Å²) in [5.74, 6) is 1.88. The van der Waals surface area contributed by atoms with E-state index in [-0.39, 0.29) is 0 Å². The van der Waals surface area contributed by atoms with Crippen molar-refractivity contribution < 1.29 is 0 Å². The molecule has 0 atom stereocenters. The summed E-state index contributed by atoms with van der Waals surface area (Å²) in [5, 5.41) is 3.53. The zero-order chi connectivity index (χ0) is 16.7. The van der Waals surface area contributed by atoms with E-state index in [1.54, 1.807) is 0 Å². The van der Waals surface area contributed by atoms with Crippen LogP contribution in [0.3, 0.4) is 0 Å². The van der Waals surface area contributed by atoms with E-state index in [4.69, 9.17) is 0 Å². The number of nitrogens with one attached hydrogen (secondary N) is 1. The molecule has 1 aliphatic rings. The van der Waals surface area contributed by atoms with Gasteiger partial charge in [-0.05, 0) is 43.5 Å². The predicted octanol–water partition coefficient (Wildman–Crippen LogP) is 2.95. The quantitative estimate of drug-likeness (QED) is 0.669. The highest BCUT2D eigenvalue weighted by atomic mass is 15.3. The topological polar surface area (TPSA) is 30.9 Å². The van der Waals surface area contributed by atoms with E-state index >= 15 is 0 Å². The Balaban J connectivity index is 1.90. The Morgan fingerprint density at radius 1 is 1.30 bits per heavy atom. The lowest BCUT2D eigenvalue weighted by atomic mass is 9.99. The SMILES string of the molecule is CCN(C)Cc1cccc(CNC(=NC)N2CCC(C)CC2)c1. The molecule has 23 heavy (non-hydrogen) atoms. The summed E-state index contributed by atoms with van der Waals surface area (Å²) < 4.78 is 0. The van der Waals surface area contributed by atoms with Crippen LogP contribution in [0.5, 0.6) is 0 Å². The lowest BCUT2D eigenvalue weighted by Gasteiger charge is -2.33. The van der Waals surface area contributed by atoms with Gasteiger partial charge in [-0.2, -0.15) is 0 Å². The highest BCUT2D eigenvalue weighted by Crippen LogP contribution is 2.16. The lowest BCUT2D eigenvalue weighted by molar-refractivity contribution is 0.273. The number of rotatable bonds is 5. The third-order valence-corrected chi connectivity index (χ3v) is 4.73. The first-order chi connectivity index (χ1) is 11.1. The van der Waals surface area contributed by atoms with E-state index < -0.39 is 0 Å². The van der Waals surface area contributed by atoms with Gasteiger partial charge in [0.1, 0.15) is 0 Å². The number of piperidine rings is 1. The molecule has 1 fully saturated rings. The van der Waals surface area contributed by atoms with Crippen LogP contribution in [0.2, 0.25) is 0 Å². The number of nitrogens with zero attached hydrogens (tertiary/aromatic N) is 3. The molecule has 1 saturated heterocycles. The maximum Gasteiger partial charge on any atom is 0.193 e. The van der Waals surface area contributed by atoms with Crippen LogP contribution < -0.4 is 5.32 Å². The second-order valence-electron chi connectivity index (χ2n) is 6.72. The molecule has 128 valence electrons. The smallest absolute Gasteiger partial charge is 0.193 e. The molecule has 0 saturated carbocycles. The molecular formula is C19H32N4. The van der Waals surface area contributed by atoms with E-state index in [1.807, 2.05) is 7.05 Å². The first-order valence-electron chi connectivity index (χ1n) is 8.84. The minimum absolute atomic E-state index is 0.836. The Morgan fingerprint density at radius 2 is 2.00 bits per heavy atom. The number of guanidine groups is 1. The number of likely N-dealkylation sites (tertiary alicyclic amines) is 1. The lowest BCUT2D eigenvalue weighted by Crippen LogP contribution is -2.45. The van der Waals surface area contributed by atoms with Gasteiger partial charge in [0.15, 0.2) is 5.96 Å². The minimum Gasteiger partial charge on any atom is -0.352 e. The fourth-order valence-electron chi connectivity index (χ4n) is 3.00. The Morgan fingerprint density at radius 3 is 2.65 bits per heavy atom. The van der Waals surface area contributed by atoms with Crippen LogP contribution >= 0.6 is 0 Å². The summed E-state index contributed by atoms with van der Waals surface area (Å²) in [6.45, 7) is 9.67. The zero-order valence-electron chi connectivity index (χ0n) is 15.2. The van der Waals surface area contributed by atoms with Crippen molar-refractivity contribution in [1.82, 2.24) is 15.1 Å². The van der Waals surface area contributed by atoms with Gasteiger partial charge in [0, 0.05) is 33.2 Å². The number of hydrogen-bond acceptors (Lipinski definition) is 2. The molecule has 0 spiro atoms. The van der Waals surface area contributed by atoms with Crippen LogP contribution in [0.15, 0.2) is 29.3 Å². The monoisotopic (exact) mass is 316 g/mol. The Kier molecular flexibility index (Phi) is 6.90. The van der Waals surface area contributed by atoms with Crippen LogP contribution in [-0.4, -0.2) is 49.5 Å². The van der Waals surface area contributed by atoms with Crippen molar-refractivity contribution in [3.8, 4) is 0 Å². The van der Waals surface area contributed by atoms with Gasteiger partial charge in [-0.3, -0.25) is 4.99 Å². The van der Waals surface area contributed by atoms with Crippen LogP contribution in [-0.2, 0) is 13.1 Å². The van der Waals surface area contributed by atoms with E-state index in [1.165, 1.54) is 24.0 Å². The summed E-state index contributed by atoms with van der Waals surface area (Å²) in [5.41, 5.74) is 2.69. The normalized spacial score (nSPS) is 16.9. The van der Waals surface area contributed by atoms with E-state index in [0.717, 1.165) is 44.6 Å². The van der Waals surface area contributed by atoms with Gasteiger partial charge in [0.25, 0.3) is 0 Å². The molecule has 1 N–H and O–H groups in total. The van der Waals surface area contributed by atoms with Crippen LogP contribution in [0.4, 0.5) is 0 Å². The van der Waals surface area contributed by atoms with Gasteiger partial charge < -0.3 is 15.1 Å². The number of hydrogen-bond donors (Lipinski definition) is 1. The maximum absolute atomic E-state index is 4.46. The van der Waals surface area contributed by atoms with E-state index in [9.17, 15) is 0 Å². The molecule has 0 radical (unpaired) electrons. The summed E-state index contributed by atoms with van der Waals surface area (Å²) in [7, 11) is 4.04. The minimum atomic E-state index is 0.836. The summed E-state index contributed by atoms with van der Waals surface area (Å²) in [6, 6.07) is 8.84. The van der Waals surface area contributed by atoms with Crippen molar-refractivity contribution in [3.05, 3.63) is 35.4 Å². The molecular weight excluding hydrogens is 284 g/mol. The Bertz CT molecular complexity index is 504. The van der Waals surface area contributed by atoms with Gasteiger partial charge in [-0.15, -0.1) is 0 Å². The molecule has 4 heteroatoms. The van der Waals surface area contributed by atoms with Crippen molar-refractivity contribution in [2.75, 3.05) is 33.7 Å². The Hall–Kier alpha value is -1.55. The molecule has 4 nitrogen and oxygen atoms in total. The highest BCUT2D eigenvalue weighted by molar-refractivity contribution is 5.79.